The Morgan fingerprint density at radius 3 is 2.83 bits per heavy atom. The van der Waals surface area contributed by atoms with Gasteiger partial charge in [-0.15, -0.1) is 0 Å². The molecule has 1 aliphatic heterocycles. The van der Waals surface area contributed by atoms with E-state index in [0.717, 1.165) is 12.0 Å². The van der Waals surface area contributed by atoms with Crippen LogP contribution in [0.15, 0.2) is 18.2 Å². The van der Waals surface area contributed by atoms with Gasteiger partial charge in [-0.2, -0.15) is 0 Å². The van der Waals surface area contributed by atoms with Crippen LogP contribution in [-0.2, 0) is 0 Å². The van der Waals surface area contributed by atoms with Crippen molar-refractivity contribution in [1.29, 1.82) is 0 Å². The number of amides is 1. The van der Waals surface area contributed by atoms with E-state index in [1.54, 1.807) is 17.0 Å². The number of carbonyl (C=O) groups is 1. The van der Waals surface area contributed by atoms with Gasteiger partial charge < -0.3 is 4.90 Å². The molecule has 1 aliphatic rings. The molecule has 18 heavy (non-hydrogen) atoms. The zero-order valence-electron chi connectivity index (χ0n) is 10.6. The summed E-state index contributed by atoms with van der Waals surface area (Å²) in [5.41, 5.74) is 1.00. The van der Waals surface area contributed by atoms with Gasteiger partial charge >= 0.3 is 0 Å². The van der Waals surface area contributed by atoms with Gasteiger partial charge in [0.15, 0.2) is 0 Å². The Labute approximate surface area is 115 Å². The van der Waals surface area contributed by atoms with Crippen LogP contribution in [0, 0.1) is 18.7 Å². The Kier molecular flexibility index (Phi) is 4.05. The molecule has 2 rings (SSSR count). The first kappa shape index (κ1) is 13.5. The summed E-state index contributed by atoms with van der Waals surface area (Å²) in [6, 6.07) is 4.76. The van der Waals surface area contributed by atoms with Crippen LogP contribution in [0.5, 0.6) is 0 Å². The van der Waals surface area contributed by atoms with E-state index in [2.05, 4.69) is 22.9 Å². The third-order valence-electron chi connectivity index (χ3n) is 3.51. The Hall–Kier alpha value is -0.900. The van der Waals surface area contributed by atoms with Gasteiger partial charge in [0.25, 0.3) is 5.91 Å². The van der Waals surface area contributed by atoms with Crippen molar-refractivity contribution in [2.45, 2.75) is 25.1 Å². The molecule has 1 fully saturated rings. The normalized spacial score (nSPS) is 24.1. The molecule has 2 atom stereocenters. The molecular formula is C14H17BrFNO. The van der Waals surface area contributed by atoms with Gasteiger partial charge in [-0.25, -0.2) is 4.39 Å². The highest BCUT2D eigenvalue weighted by Gasteiger charge is 2.28. The molecule has 0 spiro atoms. The number of halogens is 2. The molecule has 0 bridgehead atoms. The fourth-order valence-electron chi connectivity index (χ4n) is 2.17. The maximum atomic E-state index is 13.8. The lowest BCUT2D eigenvalue weighted by Gasteiger charge is -2.34. The Morgan fingerprint density at radius 1 is 1.50 bits per heavy atom. The van der Waals surface area contributed by atoms with Crippen LogP contribution in [0.1, 0.15) is 29.3 Å². The van der Waals surface area contributed by atoms with E-state index in [4.69, 9.17) is 0 Å². The maximum Gasteiger partial charge on any atom is 0.256 e. The summed E-state index contributed by atoms with van der Waals surface area (Å²) in [6.07, 6.45) is 0.954. The molecule has 1 heterocycles. The van der Waals surface area contributed by atoms with Crippen molar-refractivity contribution in [3.63, 3.8) is 0 Å². The highest BCUT2D eigenvalue weighted by atomic mass is 79.9. The molecule has 98 valence electrons. The monoisotopic (exact) mass is 313 g/mol. The third kappa shape index (κ3) is 2.74. The Bertz CT molecular complexity index is 463. The molecule has 0 aromatic heterocycles. The standard InChI is InChI=1S/C14H17BrFNO/c1-9-3-4-11(13(16)7-9)14(18)17-6-5-10(2)12(15)8-17/h3-4,7,10,12H,5-6,8H2,1-2H3. The Balaban J connectivity index is 2.16. The molecule has 1 amide bonds. The number of likely N-dealkylation sites (tertiary alicyclic amines) is 1. The fraction of sp³-hybridized carbons (Fsp3) is 0.500. The van der Waals surface area contributed by atoms with E-state index in [1.165, 1.54) is 6.07 Å². The number of alkyl halides is 1. The average Bonchev–Trinajstić information content (AvgIpc) is 2.32. The van der Waals surface area contributed by atoms with Crippen LogP contribution >= 0.6 is 15.9 Å². The second-order valence-electron chi connectivity index (χ2n) is 5.02. The molecule has 0 aliphatic carbocycles. The zero-order chi connectivity index (χ0) is 13.3. The molecular weight excluding hydrogens is 297 g/mol. The van der Waals surface area contributed by atoms with Crippen LogP contribution in [0.3, 0.4) is 0 Å². The summed E-state index contributed by atoms with van der Waals surface area (Å²) in [5.74, 6) is -0.0782. The molecule has 2 nitrogen and oxygen atoms in total. The lowest BCUT2D eigenvalue weighted by atomic mass is 9.98. The second kappa shape index (κ2) is 5.39. The van der Waals surface area contributed by atoms with Crippen LogP contribution in [0.4, 0.5) is 4.39 Å². The molecule has 1 aromatic rings. The number of hydrogen-bond donors (Lipinski definition) is 0. The highest BCUT2D eigenvalue weighted by Crippen LogP contribution is 2.25. The minimum Gasteiger partial charge on any atom is -0.337 e. The summed E-state index contributed by atoms with van der Waals surface area (Å²) >= 11 is 3.58. The van der Waals surface area contributed by atoms with Gasteiger partial charge in [0.05, 0.1) is 5.56 Å². The van der Waals surface area contributed by atoms with E-state index < -0.39 is 5.82 Å². The Morgan fingerprint density at radius 2 is 2.22 bits per heavy atom. The summed E-state index contributed by atoms with van der Waals surface area (Å²) < 4.78 is 13.8. The van der Waals surface area contributed by atoms with Crippen molar-refractivity contribution in [3.05, 3.63) is 35.1 Å². The molecule has 1 saturated heterocycles. The zero-order valence-corrected chi connectivity index (χ0v) is 12.2. The number of piperidine rings is 1. The molecule has 2 unspecified atom stereocenters. The molecule has 1 aromatic carbocycles. The number of nitrogens with zero attached hydrogens (tertiary/aromatic N) is 1. The lowest BCUT2D eigenvalue weighted by molar-refractivity contribution is 0.0701. The van der Waals surface area contributed by atoms with Gasteiger partial charge in [0.1, 0.15) is 5.82 Å². The smallest absolute Gasteiger partial charge is 0.256 e. The lowest BCUT2D eigenvalue weighted by Crippen LogP contribution is -2.43. The maximum absolute atomic E-state index is 13.8. The highest BCUT2D eigenvalue weighted by molar-refractivity contribution is 9.09. The van der Waals surface area contributed by atoms with Crippen molar-refractivity contribution in [2.24, 2.45) is 5.92 Å². The molecule has 0 saturated carbocycles. The second-order valence-corrected chi connectivity index (χ2v) is 6.19. The van der Waals surface area contributed by atoms with Gasteiger partial charge in [-0.3, -0.25) is 4.79 Å². The molecule has 0 radical (unpaired) electrons. The average molecular weight is 314 g/mol. The predicted octanol–water partition coefficient (Wildman–Crippen LogP) is 3.38. The van der Waals surface area contributed by atoms with Crippen LogP contribution in [0.2, 0.25) is 0 Å². The summed E-state index contributed by atoms with van der Waals surface area (Å²) in [6.45, 7) is 5.32. The van der Waals surface area contributed by atoms with Crippen molar-refractivity contribution in [2.75, 3.05) is 13.1 Å². The number of rotatable bonds is 1. The topological polar surface area (TPSA) is 20.3 Å². The van der Waals surface area contributed by atoms with Crippen LogP contribution in [0.25, 0.3) is 0 Å². The van der Waals surface area contributed by atoms with E-state index in [9.17, 15) is 9.18 Å². The fourth-order valence-corrected chi connectivity index (χ4v) is 2.78. The van der Waals surface area contributed by atoms with Gasteiger partial charge in [0, 0.05) is 17.9 Å². The van der Waals surface area contributed by atoms with Gasteiger partial charge in [0.2, 0.25) is 0 Å². The summed E-state index contributed by atoms with van der Waals surface area (Å²) in [7, 11) is 0. The number of benzene rings is 1. The predicted molar refractivity (Wildman–Crippen MR) is 73.5 cm³/mol. The first-order valence-corrected chi connectivity index (χ1v) is 7.10. The van der Waals surface area contributed by atoms with E-state index in [-0.39, 0.29) is 11.5 Å². The summed E-state index contributed by atoms with van der Waals surface area (Å²) in [4.78, 5) is 14.3. The first-order chi connectivity index (χ1) is 8.49. The molecule has 0 N–H and O–H groups in total. The van der Waals surface area contributed by atoms with Crippen molar-refractivity contribution >= 4 is 21.8 Å². The van der Waals surface area contributed by atoms with Crippen molar-refractivity contribution < 1.29 is 9.18 Å². The third-order valence-corrected chi connectivity index (χ3v) is 4.70. The van der Waals surface area contributed by atoms with Crippen molar-refractivity contribution in [1.82, 2.24) is 4.90 Å². The number of carbonyl (C=O) groups excluding carboxylic acids is 1. The van der Waals surface area contributed by atoms with E-state index >= 15 is 0 Å². The number of hydrogen-bond acceptors (Lipinski definition) is 1. The van der Waals surface area contributed by atoms with Crippen molar-refractivity contribution in [3.8, 4) is 0 Å². The van der Waals surface area contributed by atoms with Gasteiger partial charge in [-0.05, 0) is 37.0 Å². The largest absolute Gasteiger partial charge is 0.337 e. The minimum atomic E-state index is -0.426. The summed E-state index contributed by atoms with van der Waals surface area (Å²) in [5, 5.41) is 0. The first-order valence-electron chi connectivity index (χ1n) is 6.18. The van der Waals surface area contributed by atoms with E-state index in [0.29, 0.717) is 23.8 Å². The molecule has 4 heteroatoms. The van der Waals surface area contributed by atoms with E-state index in [1.807, 2.05) is 6.92 Å². The minimum absolute atomic E-state index is 0.176. The van der Waals surface area contributed by atoms with Crippen LogP contribution in [-0.4, -0.2) is 28.7 Å². The quantitative estimate of drug-likeness (QED) is 0.728. The number of aryl methyl sites for hydroxylation is 1. The van der Waals surface area contributed by atoms with Crippen LogP contribution < -0.4 is 0 Å². The van der Waals surface area contributed by atoms with Gasteiger partial charge in [-0.1, -0.05) is 28.9 Å². The SMILES string of the molecule is Cc1ccc(C(=O)N2CCC(C)C(Br)C2)c(F)c1.